The number of rotatable bonds is 5. The van der Waals surface area contributed by atoms with Crippen LogP contribution in [-0.2, 0) is 5.75 Å². The van der Waals surface area contributed by atoms with Gasteiger partial charge in [0.25, 0.3) is 0 Å². The lowest BCUT2D eigenvalue weighted by molar-refractivity contribution is 1.29. The van der Waals surface area contributed by atoms with Crippen molar-refractivity contribution < 1.29 is 0 Å². The van der Waals surface area contributed by atoms with Crippen LogP contribution in [0.25, 0.3) is 10.2 Å². The number of hydrogen-bond donors (Lipinski definition) is 0. The van der Waals surface area contributed by atoms with E-state index in [4.69, 9.17) is 46.4 Å². The number of aromatic nitrogens is 1. The summed E-state index contributed by atoms with van der Waals surface area (Å²) in [6.45, 7) is 0. The van der Waals surface area contributed by atoms with E-state index in [2.05, 4.69) is 9.98 Å². The first-order valence-electron chi connectivity index (χ1n) is 8.45. The number of fused-ring (bicyclic) bond motifs is 1. The Morgan fingerprint density at radius 1 is 0.931 bits per heavy atom. The second kappa shape index (κ2) is 9.25. The smallest absolute Gasteiger partial charge is 0.151 e. The van der Waals surface area contributed by atoms with Crippen molar-refractivity contribution in [2.24, 2.45) is 4.99 Å². The van der Waals surface area contributed by atoms with Gasteiger partial charge in [0.05, 0.1) is 20.9 Å². The van der Waals surface area contributed by atoms with E-state index in [0.717, 1.165) is 31.4 Å². The van der Waals surface area contributed by atoms with Crippen molar-refractivity contribution in [1.29, 1.82) is 0 Å². The van der Waals surface area contributed by atoms with E-state index < -0.39 is 0 Å². The predicted octanol–water partition coefficient (Wildman–Crippen LogP) is 8.95. The fourth-order valence-electron chi connectivity index (χ4n) is 2.59. The second-order valence-corrected chi connectivity index (χ2v) is 9.96. The highest BCUT2D eigenvalue weighted by Gasteiger charge is 2.10. The third-order valence-electron chi connectivity index (χ3n) is 4.07. The molecule has 8 heteroatoms. The third kappa shape index (κ3) is 5.08. The highest BCUT2D eigenvalue weighted by molar-refractivity contribution is 8.00. The summed E-state index contributed by atoms with van der Waals surface area (Å²) in [5.41, 5.74) is 3.50. The maximum atomic E-state index is 6.25. The standard InChI is InChI=1S/C21H12Cl4N2S2/c22-13-5-4-12(18(25)8-13)10-26-14-6-7-19-20(9-14)29-21(27-19)28-11-15-16(23)2-1-3-17(15)24/h1-10H,11H2. The zero-order valence-electron chi connectivity index (χ0n) is 14.7. The van der Waals surface area contributed by atoms with Gasteiger partial charge in [-0.1, -0.05) is 70.3 Å². The molecule has 0 unspecified atom stereocenters. The molecule has 146 valence electrons. The lowest BCUT2D eigenvalue weighted by Crippen LogP contribution is -1.84. The lowest BCUT2D eigenvalue weighted by atomic mass is 10.2. The summed E-state index contributed by atoms with van der Waals surface area (Å²) >= 11 is 27.9. The number of benzene rings is 3. The molecular weight excluding hydrogens is 486 g/mol. The number of hydrogen-bond acceptors (Lipinski definition) is 4. The van der Waals surface area contributed by atoms with Crippen molar-refractivity contribution in [3.05, 3.63) is 85.8 Å². The lowest BCUT2D eigenvalue weighted by Gasteiger charge is -2.04. The molecular formula is C21H12Cl4N2S2. The maximum Gasteiger partial charge on any atom is 0.151 e. The fourth-order valence-corrected chi connectivity index (χ4v) is 5.89. The van der Waals surface area contributed by atoms with Gasteiger partial charge in [-0.15, -0.1) is 11.3 Å². The predicted molar refractivity (Wildman–Crippen MR) is 129 cm³/mol. The molecule has 3 aromatic carbocycles. The molecule has 2 nitrogen and oxygen atoms in total. The van der Waals surface area contributed by atoms with Gasteiger partial charge in [-0.05, 0) is 48.0 Å². The molecule has 1 heterocycles. The molecule has 0 saturated carbocycles. The van der Waals surface area contributed by atoms with E-state index in [1.165, 1.54) is 0 Å². The summed E-state index contributed by atoms with van der Waals surface area (Å²) in [6, 6.07) is 16.8. The Labute approximate surface area is 196 Å². The van der Waals surface area contributed by atoms with Crippen LogP contribution < -0.4 is 0 Å². The van der Waals surface area contributed by atoms with Crippen molar-refractivity contribution >= 4 is 91.6 Å². The van der Waals surface area contributed by atoms with Crippen LogP contribution in [0.5, 0.6) is 0 Å². The minimum atomic E-state index is 0.567. The highest BCUT2D eigenvalue weighted by atomic mass is 35.5. The maximum absolute atomic E-state index is 6.25. The molecule has 4 rings (SSSR count). The molecule has 1 aromatic heterocycles. The molecule has 0 aliphatic heterocycles. The van der Waals surface area contributed by atoms with Crippen LogP contribution in [0.4, 0.5) is 5.69 Å². The number of aliphatic imine (C=N–C) groups is 1. The Morgan fingerprint density at radius 3 is 2.48 bits per heavy atom. The zero-order chi connectivity index (χ0) is 20.4. The van der Waals surface area contributed by atoms with Crippen LogP contribution in [0.2, 0.25) is 20.1 Å². The molecule has 0 bridgehead atoms. The molecule has 4 aromatic rings. The summed E-state index contributed by atoms with van der Waals surface area (Å²) in [6.07, 6.45) is 1.73. The first-order valence-corrected chi connectivity index (χ1v) is 11.8. The molecule has 0 saturated heterocycles. The first kappa shape index (κ1) is 21.0. The van der Waals surface area contributed by atoms with E-state index in [1.54, 1.807) is 41.4 Å². The van der Waals surface area contributed by atoms with Crippen LogP contribution >= 0.6 is 69.5 Å². The van der Waals surface area contributed by atoms with E-state index in [9.17, 15) is 0 Å². The summed E-state index contributed by atoms with van der Waals surface area (Å²) in [5.74, 6) is 0.665. The number of halogens is 4. The SMILES string of the molecule is Clc1ccc(C=Nc2ccc3nc(SCc4c(Cl)cccc4Cl)sc3c2)c(Cl)c1. The summed E-state index contributed by atoms with van der Waals surface area (Å²) < 4.78 is 2.02. The highest BCUT2D eigenvalue weighted by Crippen LogP contribution is 2.36. The normalized spacial score (nSPS) is 11.6. The Kier molecular flexibility index (Phi) is 6.69. The molecule has 0 fully saturated rings. The fraction of sp³-hybridized carbons (Fsp3) is 0.0476. The van der Waals surface area contributed by atoms with Gasteiger partial charge >= 0.3 is 0 Å². The van der Waals surface area contributed by atoms with E-state index in [-0.39, 0.29) is 0 Å². The Hall–Kier alpha value is -1.27. The number of nitrogens with zero attached hydrogens (tertiary/aromatic N) is 2. The molecule has 0 spiro atoms. The van der Waals surface area contributed by atoms with Gasteiger partial charge in [0.2, 0.25) is 0 Å². The monoisotopic (exact) mass is 496 g/mol. The van der Waals surface area contributed by atoms with Crippen LogP contribution in [0, 0.1) is 0 Å². The molecule has 0 radical (unpaired) electrons. The number of thioether (sulfide) groups is 1. The van der Waals surface area contributed by atoms with Crippen LogP contribution in [0.15, 0.2) is 63.9 Å². The minimum Gasteiger partial charge on any atom is -0.256 e. The molecule has 0 atom stereocenters. The van der Waals surface area contributed by atoms with E-state index >= 15 is 0 Å². The molecule has 29 heavy (non-hydrogen) atoms. The van der Waals surface area contributed by atoms with Gasteiger partial charge in [-0.3, -0.25) is 4.99 Å². The Balaban J connectivity index is 1.52. The van der Waals surface area contributed by atoms with Crippen molar-refractivity contribution in [2.75, 3.05) is 0 Å². The van der Waals surface area contributed by atoms with Crippen LogP contribution in [0.3, 0.4) is 0 Å². The van der Waals surface area contributed by atoms with Gasteiger partial charge in [0.15, 0.2) is 4.34 Å². The van der Waals surface area contributed by atoms with Crippen molar-refractivity contribution in [3.8, 4) is 0 Å². The number of thiazole rings is 1. The Bertz CT molecular complexity index is 1200. The van der Waals surface area contributed by atoms with Gasteiger partial charge < -0.3 is 0 Å². The van der Waals surface area contributed by atoms with Crippen LogP contribution in [0.1, 0.15) is 11.1 Å². The summed E-state index contributed by atoms with van der Waals surface area (Å²) in [7, 11) is 0. The van der Waals surface area contributed by atoms with E-state index in [1.807, 2.05) is 42.5 Å². The van der Waals surface area contributed by atoms with Crippen molar-refractivity contribution in [1.82, 2.24) is 4.98 Å². The van der Waals surface area contributed by atoms with Crippen molar-refractivity contribution in [3.63, 3.8) is 0 Å². The van der Waals surface area contributed by atoms with Gasteiger partial charge in [0.1, 0.15) is 0 Å². The summed E-state index contributed by atoms with van der Waals surface area (Å²) in [4.78, 5) is 9.21. The van der Waals surface area contributed by atoms with E-state index in [0.29, 0.717) is 25.8 Å². The average Bonchev–Trinajstić information content (AvgIpc) is 3.09. The van der Waals surface area contributed by atoms with Crippen LogP contribution in [-0.4, -0.2) is 11.2 Å². The topological polar surface area (TPSA) is 25.2 Å². The molecule has 0 aliphatic carbocycles. The molecule has 0 N–H and O–H groups in total. The average molecular weight is 498 g/mol. The first-order chi connectivity index (χ1) is 14.0. The van der Waals surface area contributed by atoms with Gasteiger partial charge in [-0.2, -0.15) is 0 Å². The third-order valence-corrected chi connectivity index (χ3v) is 7.53. The second-order valence-electron chi connectivity index (χ2n) is 6.04. The van der Waals surface area contributed by atoms with Crippen molar-refractivity contribution in [2.45, 2.75) is 10.1 Å². The molecule has 0 amide bonds. The van der Waals surface area contributed by atoms with Gasteiger partial charge in [0, 0.05) is 32.6 Å². The Morgan fingerprint density at radius 2 is 1.72 bits per heavy atom. The largest absolute Gasteiger partial charge is 0.256 e. The molecule has 0 aliphatic rings. The quantitative estimate of drug-likeness (QED) is 0.203. The van der Waals surface area contributed by atoms with Gasteiger partial charge in [-0.25, -0.2) is 4.98 Å². The summed E-state index contributed by atoms with van der Waals surface area (Å²) in [5, 5.41) is 2.51. The zero-order valence-corrected chi connectivity index (χ0v) is 19.4. The minimum absolute atomic E-state index is 0.567.